The number of nitrogens with zero attached hydrogens (tertiary/aromatic N) is 2. The summed E-state index contributed by atoms with van der Waals surface area (Å²) < 4.78 is 5.24. The molecule has 1 saturated heterocycles. The van der Waals surface area contributed by atoms with E-state index in [4.69, 9.17) is 4.74 Å². The van der Waals surface area contributed by atoms with Crippen LogP contribution in [0.15, 0.2) is 0 Å². The average Bonchev–Trinajstić information content (AvgIpc) is 2.85. The van der Waals surface area contributed by atoms with E-state index in [-0.39, 0.29) is 0 Å². The van der Waals surface area contributed by atoms with Gasteiger partial charge in [0.2, 0.25) is 0 Å². The average molecular weight is 280 g/mol. The Labute approximate surface area is 120 Å². The number of aromatic nitrogens is 2. The Bertz CT molecular complexity index is 459. The van der Waals surface area contributed by atoms with Crippen molar-refractivity contribution in [3.63, 3.8) is 0 Å². The quantitative estimate of drug-likeness (QED) is 0.732. The summed E-state index contributed by atoms with van der Waals surface area (Å²) in [5.74, 6) is 2.35. The first-order valence-corrected chi connectivity index (χ1v) is 7.17. The minimum atomic E-state index is -0.789. The van der Waals surface area contributed by atoms with E-state index in [0.29, 0.717) is 32.0 Å². The smallest absolute Gasteiger partial charge is 0.134 e. The lowest BCUT2D eigenvalue weighted by molar-refractivity contribution is 0.0381. The fraction of sp³-hybridized carbons (Fsp3) is 0.714. The molecule has 1 aromatic rings. The molecule has 1 aliphatic heterocycles. The van der Waals surface area contributed by atoms with Crippen molar-refractivity contribution in [1.29, 1.82) is 0 Å². The molecular weight excluding hydrogens is 256 g/mol. The molecule has 6 nitrogen and oxygen atoms in total. The fourth-order valence-corrected chi connectivity index (χ4v) is 2.20. The van der Waals surface area contributed by atoms with Gasteiger partial charge in [0.15, 0.2) is 0 Å². The van der Waals surface area contributed by atoms with E-state index in [9.17, 15) is 5.11 Å². The van der Waals surface area contributed by atoms with Gasteiger partial charge in [-0.25, -0.2) is 9.97 Å². The van der Waals surface area contributed by atoms with Crippen LogP contribution in [-0.4, -0.2) is 47.0 Å². The maximum atomic E-state index is 10.3. The highest BCUT2D eigenvalue weighted by Crippen LogP contribution is 2.23. The SMILES string of the molecule is CCCNc1nc(C)nc(NCC2(O)CCOC2)c1C. The van der Waals surface area contributed by atoms with Crippen molar-refractivity contribution in [2.75, 3.05) is 36.9 Å². The molecule has 0 bridgehead atoms. The molecule has 1 fully saturated rings. The third-order valence-corrected chi connectivity index (χ3v) is 3.47. The maximum Gasteiger partial charge on any atom is 0.134 e. The van der Waals surface area contributed by atoms with Gasteiger partial charge in [-0.1, -0.05) is 6.92 Å². The zero-order valence-electron chi connectivity index (χ0n) is 12.5. The number of rotatable bonds is 6. The van der Waals surface area contributed by atoms with Gasteiger partial charge in [-0.15, -0.1) is 0 Å². The number of hydrogen-bond acceptors (Lipinski definition) is 6. The lowest BCUT2D eigenvalue weighted by atomic mass is 10.0. The molecule has 6 heteroatoms. The number of nitrogens with one attached hydrogen (secondary N) is 2. The number of anilines is 2. The molecule has 0 aliphatic carbocycles. The summed E-state index contributed by atoms with van der Waals surface area (Å²) in [6.07, 6.45) is 1.70. The van der Waals surface area contributed by atoms with Crippen molar-refractivity contribution in [2.45, 2.75) is 39.2 Å². The van der Waals surface area contributed by atoms with Crippen molar-refractivity contribution in [3.05, 3.63) is 11.4 Å². The van der Waals surface area contributed by atoms with Crippen LogP contribution in [0.25, 0.3) is 0 Å². The monoisotopic (exact) mass is 280 g/mol. The first-order chi connectivity index (χ1) is 9.54. The van der Waals surface area contributed by atoms with Crippen LogP contribution in [0.2, 0.25) is 0 Å². The molecule has 2 heterocycles. The molecule has 0 saturated carbocycles. The Balaban J connectivity index is 2.08. The molecular formula is C14H24N4O2. The molecule has 0 radical (unpaired) electrons. The lowest BCUT2D eigenvalue weighted by Crippen LogP contribution is -2.37. The summed E-state index contributed by atoms with van der Waals surface area (Å²) in [6.45, 7) is 8.29. The van der Waals surface area contributed by atoms with Crippen LogP contribution in [0.1, 0.15) is 31.2 Å². The van der Waals surface area contributed by atoms with E-state index in [1.54, 1.807) is 0 Å². The van der Waals surface area contributed by atoms with E-state index >= 15 is 0 Å². The summed E-state index contributed by atoms with van der Waals surface area (Å²) in [5.41, 5.74) is 0.189. The van der Waals surface area contributed by atoms with E-state index in [0.717, 1.165) is 30.2 Å². The van der Waals surface area contributed by atoms with Crippen LogP contribution in [0.4, 0.5) is 11.6 Å². The second-order valence-corrected chi connectivity index (χ2v) is 5.40. The first kappa shape index (κ1) is 15.0. The molecule has 3 N–H and O–H groups in total. The van der Waals surface area contributed by atoms with Gasteiger partial charge in [0.1, 0.15) is 23.1 Å². The van der Waals surface area contributed by atoms with Gasteiger partial charge in [0, 0.05) is 31.7 Å². The maximum absolute atomic E-state index is 10.3. The van der Waals surface area contributed by atoms with Gasteiger partial charge in [0.05, 0.1) is 6.61 Å². The zero-order valence-corrected chi connectivity index (χ0v) is 12.5. The standard InChI is InChI=1S/C14H24N4O2/c1-4-6-15-12-10(2)13(18-11(3)17-12)16-8-14(19)5-7-20-9-14/h19H,4-9H2,1-3H3,(H2,15,16,17,18). The molecule has 1 unspecified atom stereocenters. The van der Waals surface area contributed by atoms with Crippen LogP contribution in [-0.2, 0) is 4.74 Å². The number of aliphatic hydroxyl groups is 1. The second kappa shape index (κ2) is 6.37. The van der Waals surface area contributed by atoms with Crippen molar-refractivity contribution in [3.8, 4) is 0 Å². The molecule has 2 rings (SSSR count). The molecule has 1 aliphatic rings. The largest absolute Gasteiger partial charge is 0.386 e. The van der Waals surface area contributed by atoms with Crippen LogP contribution >= 0.6 is 0 Å². The molecule has 20 heavy (non-hydrogen) atoms. The van der Waals surface area contributed by atoms with Crippen molar-refractivity contribution in [1.82, 2.24) is 9.97 Å². The minimum Gasteiger partial charge on any atom is -0.386 e. The third-order valence-electron chi connectivity index (χ3n) is 3.47. The van der Waals surface area contributed by atoms with Crippen molar-refractivity contribution in [2.24, 2.45) is 0 Å². The summed E-state index contributed by atoms with van der Waals surface area (Å²) in [7, 11) is 0. The van der Waals surface area contributed by atoms with Crippen LogP contribution < -0.4 is 10.6 Å². The first-order valence-electron chi connectivity index (χ1n) is 7.17. The predicted molar refractivity (Wildman–Crippen MR) is 79.2 cm³/mol. The molecule has 0 aromatic carbocycles. The van der Waals surface area contributed by atoms with E-state index < -0.39 is 5.60 Å². The summed E-state index contributed by atoms with van der Waals surface area (Å²) in [4.78, 5) is 8.84. The molecule has 1 aromatic heterocycles. The van der Waals surface area contributed by atoms with Crippen LogP contribution in [0.5, 0.6) is 0 Å². The van der Waals surface area contributed by atoms with Gasteiger partial charge >= 0.3 is 0 Å². The minimum absolute atomic E-state index is 0.379. The van der Waals surface area contributed by atoms with Crippen LogP contribution in [0, 0.1) is 13.8 Å². The Morgan fingerprint density at radius 2 is 1.95 bits per heavy atom. The highest BCUT2D eigenvalue weighted by molar-refractivity contribution is 5.57. The van der Waals surface area contributed by atoms with Gasteiger partial charge < -0.3 is 20.5 Å². The second-order valence-electron chi connectivity index (χ2n) is 5.40. The van der Waals surface area contributed by atoms with Gasteiger partial charge in [-0.3, -0.25) is 0 Å². The molecule has 1 atom stereocenters. The number of aryl methyl sites for hydroxylation is 1. The van der Waals surface area contributed by atoms with E-state index in [2.05, 4.69) is 27.5 Å². The summed E-state index contributed by atoms with van der Waals surface area (Å²) in [6, 6.07) is 0. The Morgan fingerprint density at radius 3 is 2.55 bits per heavy atom. The molecule has 0 spiro atoms. The molecule has 0 amide bonds. The Hall–Kier alpha value is -1.40. The van der Waals surface area contributed by atoms with Gasteiger partial charge in [-0.05, 0) is 20.3 Å². The number of ether oxygens (including phenoxy) is 1. The van der Waals surface area contributed by atoms with Crippen molar-refractivity contribution >= 4 is 11.6 Å². The fourth-order valence-electron chi connectivity index (χ4n) is 2.20. The van der Waals surface area contributed by atoms with Gasteiger partial charge in [-0.2, -0.15) is 0 Å². The summed E-state index contributed by atoms with van der Waals surface area (Å²) in [5, 5.41) is 16.8. The summed E-state index contributed by atoms with van der Waals surface area (Å²) >= 11 is 0. The third kappa shape index (κ3) is 3.58. The Morgan fingerprint density at radius 1 is 1.25 bits per heavy atom. The van der Waals surface area contributed by atoms with Crippen molar-refractivity contribution < 1.29 is 9.84 Å². The van der Waals surface area contributed by atoms with Gasteiger partial charge in [0.25, 0.3) is 0 Å². The Kier molecular flexibility index (Phi) is 4.77. The normalized spacial score (nSPS) is 22.0. The molecule has 112 valence electrons. The van der Waals surface area contributed by atoms with Crippen LogP contribution in [0.3, 0.4) is 0 Å². The lowest BCUT2D eigenvalue weighted by Gasteiger charge is -2.22. The van der Waals surface area contributed by atoms with E-state index in [1.165, 1.54) is 0 Å². The highest BCUT2D eigenvalue weighted by atomic mass is 16.5. The number of hydrogen-bond donors (Lipinski definition) is 3. The topological polar surface area (TPSA) is 79.3 Å². The predicted octanol–water partition coefficient (Wildman–Crippen LogP) is 1.48. The zero-order chi connectivity index (χ0) is 14.6. The van der Waals surface area contributed by atoms with E-state index in [1.807, 2.05) is 13.8 Å². The highest BCUT2D eigenvalue weighted by Gasteiger charge is 2.32.